The van der Waals surface area contributed by atoms with Crippen LogP contribution in [0.25, 0.3) is 0 Å². The Hall–Kier alpha value is -3.57. The number of piperazine rings is 1. The van der Waals surface area contributed by atoms with Crippen LogP contribution >= 0.6 is 11.6 Å². The number of nitrogens with one attached hydrogen (secondary N) is 2. The van der Waals surface area contributed by atoms with Gasteiger partial charge in [0.2, 0.25) is 5.95 Å². The Morgan fingerprint density at radius 1 is 0.943 bits per heavy atom. The van der Waals surface area contributed by atoms with E-state index < -0.39 is 17.8 Å². The molecule has 2 aromatic carbocycles. The van der Waals surface area contributed by atoms with E-state index in [0.717, 1.165) is 11.6 Å². The molecule has 0 spiro atoms. The number of amides is 2. The number of urea groups is 1. The van der Waals surface area contributed by atoms with Gasteiger partial charge in [-0.25, -0.2) is 9.78 Å². The van der Waals surface area contributed by atoms with Crippen LogP contribution < -0.4 is 21.3 Å². The second-order valence-electron chi connectivity index (χ2n) is 8.01. The minimum absolute atomic E-state index is 0.178. The highest BCUT2D eigenvalue weighted by atomic mass is 35.5. The smallest absolute Gasteiger partial charge is 0.368 e. The number of nitrogen functional groups attached to an aromatic ring is 1. The maximum atomic E-state index is 13.0. The number of anilines is 4. The highest BCUT2D eigenvalue weighted by Gasteiger charge is 2.34. The summed E-state index contributed by atoms with van der Waals surface area (Å²) in [6.45, 7) is 2.99. The number of alkyl halides is 3. The highest BCUT2D eigenvalue weighted by molar-refractivity contribution is 6.30. The summed E-state index contributed by atoms with van der Waals surface area (Å²) in [5.41, 5.74) is 6.76. The number of hydrogen-bond donors (Lipinski definition) is 3. The molecular formula is C23H23ClF3N7O. The van der Waals surface area contributed by atoms with E-state index in [1.54, 1.807) is 29.2 Å². The molecule has 2 heterocycles. The predicted octanol–water partition coefficient (Wildman–Crippen LogP) is 4.70. The summed E-state index contributed by atoms with van der Waals surface area (Å²) in [6, 6.07) is 14.8. The molecule has 1 aliphatic heterocycles. The molecule has 0 saturated carbocycles. The number of halogens is 4. The summed E-state index contributed by atoms with van der Waals surface area (Å²) >= 11 is 5.84. The molecule has 35 heavy (non-hydrogen) atoms. The first-order valence-electron chi connectivity index (χ1n) is 10.8. The Balaban J connectivity index is 1.28. The Morgan fingerprint density at radius 2 is 1.51 bits per heavy atom. The lowest BCUT2D eigenvalue weighted by Gasteiger charge is -2.35. The standard InChI is InChI=1S/C23H23ClF3N7O/c24-16-3-7-18(8-4-16)30-22(35)29-17-5-1-15(2-6-17)14-33-9-11-34(12-10-33)20-13-19(23(25,26)27)31-21(28)32-20/h1-8,13H,9-12,14H2,(H2,28,31,32)(H2,29,30,35). The first kappa shape index (κ1) is 24.6. The maximum absolute atomic E-state index is 13.0. The average Bonchev–Trinajstić information content (AvgIpc) is 2.81. The molecule has 2 amide bonds. The molecule has 0 aliphatic carbocycles. The topological polar surface area (TPSA) is 99.4 Å². The predicted molar refractivity (Wildman–Crippen MR) is 129 cm³/mol. The fourth-order valence-electron chi connectivity index (χ4n) is 3.67. The third kappa shape index (κ3) is 6.74. The largest absolute Gasteiger partial charge is 0.433 e. The fraction of sp³-hybridized carbons (Fsp3) is 0.261. The highest BCUT2D eigenvalue weighted by Crippen LogP contribution is 2.30. The van der Waals surface area contributed by atoms with Crippen LogP contribution in [0.3, 0.4) is 0 Å². The zero-order chi connectivity index (χ0) is 25.0. The lowest BCUT2D eigenvalue weighted by molar-refractivity contribution is -0.141. The molecule has 1 saturated heterocycles. The van der Waals surface area contributed by atoms with Gasteiger partial charge in [0.05, 0.1) is 0 Å². The van der Waals surface area contributed by atoms with Crippen molar-refractivity contribution in [3.8, 4) is 0 Å². The van der Waals surface area contributed by atoms with Crippen LogP contribution in [0.5, 0.6) is 0 Å². The molecule has 8 nitrogen and oxygen atoms in total. The first-order chi connectivity index (χ1) is 16.7. The Kier molecular flexibility index (Phi) is 7.27. The van der Waals surface area contributed by atoms with Crippen molar-refractivity contribution in [1.82, 2.24) is 14.9 Å². The Labute approximate surface area is 204 Å². The van der Waals surface area contributed by atoms with Crippen molar-refractivity contribution < 1.29 is 18.0 Å². The Morgan fingerprint density at radius 3 is 2.09 bits per heavy atom. The molecule has 12 heteroatoms. The van der Waals surface area contributed by atoms with Crippen molar-refractivity contribution in [1.29, 1.82) is 0 Å². The molecule has 4 N–H and O–H groups in total. The van der Waals surface area contributed by atoms with Crippen LogP contribution in [0.4, 0.5) is 41.1 Å². The molecule has 4 rings (SSSR count). The van der Waals surface area contributed by atoms with Crippen LogP contribution in [0, 0.1) is 0 Å². The van der Waals surface area contributed by atoms with E-state index in [2.05, 4.69) is 25.5 Å². The molecular weight excluding hydrogens is 483 g/mol. The van der Waals surface area contributed by atoms with Gasteiger partial charge in [-0.05, 0) is 42.0 Å². The van der Waals surface area contributed by atoms with Crippen molar-refractivity contribution in [2.45, 2.75) is 12.7 Å². The number of nitrogens with two attached hydrogens (primary N) is 1. The van der Waals surface area contributed by atoms with Crippen LogP contribution in [0.2, 0.25) is 5.02 Å². The third-order valence-electron chi connectivity index (χ3n) is 5.44. The molecule has 3 aromatic rings. The average molecular weight is 506 g/mol. The van der Waals surface area contributed by atoms with E-state index in [9.17, 15) is 18.0 Å². The van der Waals surface area contributed by atoms with Gasteiger partial charge < -0.3 is 21.3 Å². The van der Waals surface area contributed by atoms with Gasteiger partial charge in [0.15, 0.2) is 5.69 Å². The molecule has 184 valence electrons. The fourth-order valence-corrected chi connectivity index (χ4v) is 3.80. The zero-order valence-electron chi connectivity index (χ0n) is 18.5. The maximum Gasteiger partial charge on any atom is 0.433 e. The third-order valence-corrected chi connectivity index (χ3v) is 5.69. The lowest BCUT2D eigenvalue weighted by atomic mass is 10.1. The summed E-state index contributed by atoms with van der Waals surface area (Å²) in [6.07, 6.45) is -4.58. The molecule has 0 unspecified atom stereocenters. The van der Waals surface area contributed by atoms with E-state index in [-0.39, 0.29) is 11.8 Å². The lowest BCUT2D eigenvalue weighted by Crippen LogP contribution is -2.46. The van der Waals surface area contributed by atoms with E-state index in [4.69, 9.17) is 17.3 Å². The van der Waals surface area contributed by atoms with Crippen molar-refractivity contribution in [2.75, 3.05) is 47.4 Å². The summed E-state index contributed by atoms with van der Waals surface area (Å²) in [5, 5.41) is 6.09. The van der Waals surface area contributed by atoms with E-state index in [0.29, 0.717) is 49.1 Å². The minimum atomic E-state index is -4.58. The van der Waals surface area contributed by atoms with Gasteiger partial charge in [0.25, 0.3) is 0 Å². The number of aromatic nitrogens is 2. The summed E-state index contributed by atoms with van der Waals surface area (Å²) in [5.74, 6) is -0.218. The molecule has 1 fully saturated rings. The minimum Gasteiger partial charge on any atom is -0.368 e. The van der Waals surface area contributed by atoms with E-state index in [1.807, 2.05) is 24.3 Å². The van der Waals surface area contributed by atoms with Gasteiger partial charge in [0.1, 0.15) is 5.82 Å². The SMILES string of the molecule is Nc1nc(N2CCN(Cc3ccc(NC(=O)Nc4ccc(Cl)cc4)cc3)CC2)cc(C(F)(F)F)n1. The molecule has 0 radical (unpaired) electrons. The van der Waals surface area contributed by atoms with Gasteiger partial charge in [-0.3, -0.25) is 4.90 Å². The number of rotatable bonds is 5. The summed E-state index contributed by atoms with van der Waals surface area (Å²) < 4.78 is 39.1. The Bertz CT molecular complexity index is 1170. The van der Waals surface area contributed by atoms with Crippen molar-refractivity contribution in [2.24, 2.45) is 0 Å². The number of carbonyl (C=O) groups is 1. The number of nitrogens with zero attached hydrogens (tertiary/aromatic N) is 4. The van der Waals surface area contributed by atoms with E-state index >= 15 is 0 Å². The van der Waals surface area contributed by atoms with E-state index in [1.165, 1.54) is 0 Å². The van der Waals surface area contributed by atoms with Gasteiger partial charge in [-0.15, -0.1) is 0 Å². The second-order valence-corrected chi connectivity index (χ2v) is 8.45. The zero-order valence-corrected chi connectivity index (χ0v) is 19.3. The summed E-state index contributed by atoms with van der Waals surface area (Å²) in [7, 11) is 0. The van der Waals surface area contributed by atoms with Gasteiger partial charge in [-0.1, -0.05) is 23.7 Å². The summed E-state index contributed by atoms with van der Waals surface area (Å²) in [4.78, 5) is 23.4. The van der Waals surface area contributed by atoms with Crippen molar-refractivity contribution in [3.63, 3.8) is 0 Å². The monoisotopic (exact) mass is 505 g/mol. The van der Waals surface area contributed by atoms with Gasteiger partial charge in [0, 0.05) is 55.2 Å². The molecule has 0 bridgehead atoms. The van der Waals surface area contributed by atoms with Crippen molar-refractivity contribution >= 4 is 40.8 Å². The van der Waals surface area contributed by atoms with Crippen LogP contribution in [0.15, 0.2) is 54.6 Å². The molecule has 1 aliphatic rings. The first-order valence-corrected chi connectivity index (χ1v) is 11.1. The van der Waals surface area contributed by atoms with Crippen LogP contribution in [-0.4, -0.2) is 47.1 Å². The van der Waals surface area contributed by atoms with Crippen molar-refractivity contribution in [3.05, 3.63) is 70.9 Å². The molecule has 1 aromatic heterocycles. The van der Waals surface area contributed by atoms with Crippen LogP contribution in [-0.2, 0) is 12.7 Å². The quantitative estimate of drug-likeness (QED) is 0.465. The number of hydrogen-bond acceptors (Lipinski definition) is 6. The molecule has 0 atom stereocenters. The van der Waals surface area contributed by atoms with Gasteiger partial charge >= 0.3 is 12.2 Å². The number of benzene rings is 2. The second kappa shape index (κ2) is 10.4. The van der Waals surface area contributed by atoms with Gasteiger partial charge in [-0.2, -0.15) is 18.2 Å². The number of carbonyl (C=O) groups excluding carboxylic acids is 1. The normalized spacial score (nSPS) is 14.6. The van der Waals surface area contributed by atoms with Crippen LogP contribution in [0.1, 0.15) is 11.3 Å².